The summed E-state index contributed by atoms with van der Waals surface area (Å²) in [5.41, 5.74) is 2.75. The van der Waals surface area contributed by atoms with Gasteiger partial charge in [-0.1, -0.05) is 34.6 Å². The van der Waals surface area contributed by atoms with Crippen LogP contribution in [0.4, 0.5) is 0 Å². The molecule has 126 valence electrons. The minimum atomic E-state index is -0.443. The average Bonchev–Trinajstić information content (AvgIpc) is 2.75. The van der Waals surface area contributed by atoms with Gasteiger partial charge < -0.3 is 10.4 Å². The Bertz CT molecular complexity index is 487. The van der Waals surface area contributed by atoms with E-state index in [0.29, 0.717) is 13.0 Å². The average molecular weight is 309 g/mol. The third kappa shape index (κ3) is 4.57. The normalized spacial score (nSPS) is 15.0. The van der Waals surface area contributed by atoms with Crippen molar-refractivity contribution in [3.05, 3.63) is 17.0 Å². The van der Waals surface area contributed by atoms with Crippen LogP contribution in [0.2, 0.25) is 0 Å². The lowest BCUT2D eigenvalue weighted by Crippen LogP contribution is -2.45. The van der Waals surface area contributed by atoms with Crippen LogP contribution in [0.25, 0.3) is 0 Å². The fourth-order valence-corrected chi connectivity index (χ4v) is 2.77. The van der Waals surface area contributed by atoms with Gasteiger partial charge in [0, 0.05) is 23.6 Å². The molecule has 1 rings (SSSR count). The number of hydrogen-bond acceptors (Lipinski definition) is 3. The summed E-state index contributed by atoms with van der Waals surface area (Å²) in [6, 6.07) is 0. The van der Waals surface area contributed by atoms with E-state index in [0.717, 1.165) is 17.0 Å². The molecule has 2 atom stereocenters. The van der Waals surface area contributed by atoms with E-state index in [-0.39, 0.29) is 23.2 Å². The highest BCUT2D eigenvalue weighted by Gasteiger charge is 2.31. The Morgan fingerprint density at radius 2 is 1.91 bits per heavy atom. The third-order valence-electron chi connectivity index (χ3n) is 4.39. The number of carbonyl (C=O) groups is 1. The van der Waals surface area contributed by atoms with Crippen LogP contribution in [0.15, 0.2) is 0 Å². The van der Waals surface area contributed by atoms with Crippen molar-refractivity contribution in [2.75, 3.05) is 6.54 Å². The summed E-state index contributed by atoms with van der Waals surface area (Å²) in [5.74, 6) is 0.0616. The highest BCUT2D eigenvalue weighted by molar-refractivity contribution is 5.78. The van der Waals surface area contributed by atoms with Crippen LogP contribution >= 0.6 is 0 Å². The van der Waals surface area contributed by atoms with Crippen LogP contribution in [-0.4, -0.2) is 33.9 Å². The number of nitrogens with one attached hydrogen (secondary N) is 2. The summed E-state index contributed by atoms with van der Waals surface area (Å²) >= 11 is 0. The molecule has 0 aliphatic rings. The lowest BCUT2D eigenvalue weighted by atomic mass is 9.80. The maximum Gasteiger partial charge on any atom is 0.223 e. The van der Waals surface area contributed by atoms with Crippen LogP contribution in [0.5, 0.6) is 0 Å². The summed E-state index contributed by atoms with van der Waals surface area (Å²) in [7, 11) is 0. The van der Waals surface area contributed by atoms with Gasteiger partial charge in [0.1, 0.15) is 0 Å². The summed E-state index contributed by atoms with van der Waals surface area (Å²) in [6.07, 6.45) is 0.231. The van der Waals surface area contributed by atoms with Crippen molar-refractivity contribution in [3.8, 4) is 0 Å². The first kappa shape index (κ1) is 18.7. The fraction of sp³-hybridized carbons (Fsp3) is 0.765. The number of hydrogen-bond donors (Lipinski definition) is 3. The van der Waals surface area contributed by atoms with Gasteiger partial charge in [-0.3, -0.25) is 9.89 Å². The van der Waals surface area contributed by atoms with Crippen molar-refractivity contribution in [1.29, 1.82) is 0 Å². The Morgan fingerprint density at radius 3 is 2.36 bits per heavy atom. The van der Waals surface area contributed by atoms with Gasteiger partial charge in [0.15, 0.2) is 0 Å². The maximum atomic E-state index is 12.3. The number of amides is 1. The van der Waals surface area contributed by atoms with Crippen molar-refractivity contribution in [2.24, 2.45) is 17.3 Å². The van der Waals surface area contributed by atoms with Gasteiger partial charge in [0.2, 0.25) is 5.91 Å². The van der Waals surface area contributed by atoms with E-state index in [1.165, 1.54) is 0 Å². The molecule has 1 aromatic rings. The number of aliphatic hydroxyl groups is 1. The van der Waals surface area contributed by atoms with Crippen molar-refractivity contribution >= 4 is 5.91 Å². The Hall–Kier alpha value is -1.36. The number of carbonyl (C=O) groups excluding carboxylic acids is 1. The highest BCUT2D eigenvalue weighted by Crippen LogP contribution is 2.25. The van der Waals surface area contributed by atoms with Crippen LogP contribution in [0.3, 0.4) is 0 Å². The van der Waals surface area contributed by atoms with E-state index in [2.05, 4.69) is 15.5 Å². The monoisotopic (exact) mass is 309 g/mol. The number of aliphatic hydroxyl groups excluding tert-OH is 1. The number of aryl methyl sites for hydroxylation is 2. The first-order chi connectivity index (χ1) is 10.1. The second-order valence-corrected chi connectivity index (χ2v) is 7.41. The van der Waals surface area contributed by atoms with E-state index < -0.39 is 6.10 Å². The van der Waals surface area contributed by atoms with Crippen LogP contribution in [0.1, 0.15) is 51.6 Å². The molecular formula is C17H31N3O2. The van der Waals surface area contributed by atoms with E-state index in [1.807, 2.05) is 48.5 Å². The molecule has 0 aliphatic carbocycles. The zero-order valence-corrected chi connectivity index (χ0v) is 14.9. The van der Waals surface area contributed by atoms with Gasteiger partial charge in [-0.05, 0) is 31.7 Å². The molecule has 2 unspecified atom stereocenters. The first-order valence-corrected chi connectivity index (χ1v) is 8.02. The van der Waals surface area contributed by atoms with Gasteiger partial charge in [-0.25, -0.2) is 0 Å². The molecule has 0 fully saturated rings. The smallest absolute Gasteiger partial charge is 0.223 e. The molecule has 0 aliphatic heterocycles. The molecule has 1 heterocycles. The zero-order chi connectivity index (χ0) is 17.1. The summed E-state index contributed by atoms with van der Waals surface area (Å²) in [5, 5.41) is 20.3. The molecule has 3 N–H and O–H groups in total. The SMILES string of the molecule is Cc1n[nH]c(C)c1CC(C)C(=O)NCC(C)(C)C(O)C(C)C. The molecule has 0 aromatic carbocycles. The van der Waals surface area contributed by atoms with Gasteiger partial charge in [-0.2, -0.15) is 5.10 Å². The van der Waals surface area contributed by atoms with Crippen molar-refractivity contribution in [3.63, 3.8) is 0 Å². The minimum Gasteiger partial charge on any atom is -0.392 e. The molecule has 1 amide bonds. The number of aromatic nitrogens is 2. The quantitative estimate of drug-likeness (QED) is 0.723. The summed E-state index contributed by atoms with van der Waals surface area (Å²) in [6.45, 7) is 14.3. The Kier molecular flexibility index (Phi) is 6.17. The van der Waals surface area contributed by atoms with Crippen LogP contribution in [0, 0.1) is 31.1 Å². The lowest BCUT2D eigenvalue weighted by Gasteiger charge is -2.33. The molecule has 0 spiro atoms. The molecule has 5 heteroatoms. The Labute approximate surface area is 133 Å². The minimum absolute atomic E-state index is 0.0176. The number of rotatable bonds is 7. The van der Waals surface area contributed by atoms with Gasteiger partial charge in [-0.15, -0.1) is 0 Å². The number of H-pyrrole nitrogens is 1. The van der Waals surface area contributed by atoms with Crippen molar-refractivity contribution < 1.29 is 9.90 Å². The standard InChI is InChI=1S/C17H31N3O2/c1-10(2)15(21)17(6,7)9-18-16(22)11(3)8-14-12(4)19-20-13(14)5/h10-11,15,21H,8-9H2,1-7H3,(H,18,22)(H,19,20). The molecule has 22 heavy (non-hydrogen) atoms. The van der Waals surface area contributed by atoms with Gasteiger partial charge >= 0.3 is 0 Å². The number of aromatic amines is 1. The molecular weight excluding hydrogens is 278 g/mol. The van der Waals surface area contributed by atoms with Crippen molar-refractivity contribution in [1.82, 2.24) is 15.5 Å². The molecule has 5 nitrogen and oxygen atoms in total. The highest BCUT2D eigenvalue weighted by atomic mass is 16.3. The number of nitrogens with zero attached hydrogens (tertiary/aromatic N) is 1. The summed E-state index contributed by atoms with van der Waals surface area (Å²) in [4.78, 5) is 12.3. The zero-order valence-electron chi connectivity index (χ0n) is 14.9. The van der Waals surface area contributed by atoms with E-state index >= 15 is 0 Å². The molecule has 1 aromatic heterocycles. The van der Waals surface area contributed by atoms with Crippen LogP contribution in [-0.2, 0) is 11.2 Å². The summed E-state index contributed by atoms with van der Waals surface area (Å²) < 4.78 is 0. The maximum absolute atomic E-state index is 12.3. The Morgan fingerprint density at radius 1 is 1.32 bits per heavy atom. The first-order valence-electron chi connectivity index (χ1n) is 8.02. The third-order valence-corrected chi connectivity index (χ3v) is 4.39. The van der Waals surface area contributed by atoms with Crippen LogP contribution < -0.4 is 5.32 Å². The molecule has 0 bridgehead atoms. The predicted molar refractivity (Wildman–Crippen MR) is 88.6 cm³/mol. The second kappa shape index (κ2) is 7.27. The molecule has 0 saturated carbocycles. The largest absolute Gasteiger partial charge is 0.392 e. The lowest BCUT2D eigenvalue weighted by molar-refractivity contribution is -0.125. The fourth-order valence-electron chi connectivity index (χ4n) is 2.77. The van der Waals surface area contributed by atoms with Crippen molar-refractivity contribution in [2.45, 2.75) is 61.0 Å². The molecule has 0 saturated heterocycles. The van der Waals surface area contributed by atoms with E-state index in [1.54, 1.807) is 0 Å². The predicted octanol–water partition coefficient (Wildman–Crippen LogP) is 2.36. The molecule has 0 radical (unpaired) electrons. The topological polar surface area (TPSA) is 78.0 Å². The van der Waals surface area contributed by atoms with E-state index in [9.17, 15) is 9.90 Å². The van der Waals surface area contributed by atoms with Gasteiger partial charge in [0.05, 0.1) is 11.8 Å². The Balaban J connectivity index is 2.58. The van der Waals surface area contributed by atoms with Gasteiger partial charge in [0.25, 0.3) is 0 Å². The second-order valence-electron chi connectivity index (χ2n) is 7.41. The van der Waals surface area contributed by atoms with E-state index in [4.69, 9.17) is 0 Å².